The van der Waals surface area contributed by atoms with Crippen molar-refractivity contribution in [2.75, 3.05) is 11.4 Å². The molecule has 0 unspecified atom stereocenters. The number of aromatic nitrogens is 2. The number of nitrogens with zero attached hydrogens (tertiary/aromatic N) is 3. The van der Waals surface area contributed by atoms with E-state index in [0.29, 0.717) is 33.8 Å². The van der Waals surface area contributed by atoms with Crippen molar-refractivity contribution in [2.24, 2.45) is 0 Å². The molecule has 132 valence electrons. The van der Waals surface area contributed by atoms with Gasteiger partial charge in [-0.25, -0.2) is 4.98 Å². The third kappa shape index (κ3) is 3.95. The van der Waals surface area contributed by atoms with Gasteiger partial charge in [0.1, 0.15) is 0 Å². The van der Waals surface area contributed by atoms with Crippen LogP contribution in [0.25, 0.3) is 0 Å². The van der Waals surface area contributed by atoms with Gasteiger partial charge in [0.25, 0.3) is 5.91 Å². The maximum absolute atomic E-state index is 12.7. The fourth-order valence-corrected chi connectivity index (χ4v) is 2.84. The lowest BCUT2D eigenvalue weighted by Crippen LogP contribution is -2.30. The minimum absolute atomic E-state index is 0.171. The van der Waals surface area contributed by atoms with Crippen LogP contribution in [0.3, 0.4) is 0 Å². The topological polar surface area (TPSA) is 55.3 Å². The molecule has 7 heteroatoms. The highest BCUT2D eigenvalue weighted by molar-refractivity contribution is 6.37. The fraction of sp³-hybridized carbons (Fsp3) is 0.105. The van der Waals surface area contributed by atoms with Crippen molar-refractivity contribution < 1.29 is 9.53 Å². The molecule has 0 aliphatic carbocycles. The van der Waals surface area contributed by atoms with Gasteiger partial charge in [0.05, 0.1) is 27.5 Å². The second-order valence-electron chi connectivity index (χ2n) is 5.30. The highest BCUT2D eigenvalue weighted by Gasteiger charge is 2.17. The number of pyridine rings is 2. The number of rotatable bonds is 5. The molecule has 0 aliphatic rings. The number of hydrogen-bond acceptors (Lipinski definition) is 4. The average Bonchev–Trinajstić information content (AvgIpc) is 2.67. The van der Waals surface area contributed by atoms with Gasteiger partial charge < -0.3 is 9.64 Å². The molecule has 2 heterocycles. The van der Waals surface area contributed by atoms with Gasteiger partial charge in [0.2, 0.25) is 5.88 Å². The Kier molecular flexibility index (Phi) is 5.71. The molecule has 0 saturated heterocycles. The van der Waals surface area contributed by atoms with Gasteiger partial charge in [-0.15, -0.1) is 0 Å². The molecule has 26 heavy (non-hydrogen) atoms. The summed E-state index contributed by atoms with van der Waals surface area (Å²) in [4.78, 5) is 22.6. The summed E-state index contributed by atoms with van der Waals surface area (Å²) >= 11 is 12.2. The molecular formula is C19H15Cl2N3O2. The van der Waals surface area contributed by atoms with Crippen molar-refractivity contribution in [3.8, 4) is 11.6 Å². The second kappa shape index (κ2) is 8.17. The molecule has 3 aromatic rings. The van der Waals surface area contributed by atoms with E-state index in [4.69, 9.17) is 27.9 Å². The van der Waals surface area contributed by atoms with Gasteiger partial charge in [0.15, 0.2) is 5.75 Å². The summed E-state index contributed by atoms with van der Waals surface area (Å²) in [7, 11) is 0. The molecule has 0 saturated carbocycles. The van der Waals surface area contributed by atoms with Gasteiger partial charge in [-0.05, 0) is 37.3 Å². The quantitative estimate of drug-likeness (QED) is 0.600. The van der Waals surface area contributed by atoms with Crippen molar-refractivity contribution in [1.29, 1.82) is 0 Å². The van der Waals surface area contributed by atoms with Crippen LogP contribution >= 0.6 is 23.2 Å². The highest BCUT2D eigenvalue weighted by atomic mass is 35.5. The molecule has 0 aliphatic heterocycles. The third-order valence-corrected chi connectivity index (χ3v) is 4.22. The van der Waals surface area contributed by atoms with Gasteiger partial charge in [-0.2, -0.15) is 0 Å². The third-order valence-electron chi connectivity index (χ3n) is 3.63. The first-order chi connectivity index (χ1) is 12.6. The van der Waals surface area contributed by atoms with Crippen LogP contribution in [0.1, 0.15) is 17.3 Å². The van der Waals surface area contributed by atoms with E-state index < -0.39 is 0 Å². The van der Waals surface area contributed by atoms with Crippen molar-refractivity contribution in [3.63, 3.8) is 0 Å². The molecule has 0 radical (unpaired) electrons. The number of carbonyl (C=O) groups is 1. The number of hydrogen-bond donors (Lipinski definition) is 0. The second-order valence-corrected chi connectivity index (χ2v) is 6.11. The Morgan fingerprint density at radius 1 is 1.08 bits per heavy atom. The SMILES string of the molecule is CCN(C(=O)c1ccc(Oc2c(Cl)cccc2Cl)nc1)c1cccnc1. The Morgan fingerprint density at radius 2 is 1.85 bits per heavy atom. The lowest BCUT2D eigenvalue weighted by molar-refractivity contribution is 0.0988. The number of carbonyl (C=O) groups excluding carboxylic acids is 1. The van der Waals surface area contributed by atoms with Crippen LogP contribution < -0.4 is 9.64 Å². The van der Waals surface area contributed by atoms with Crippen LogP contribution in [-0.4, -0.2) is 22.4 Å². The highest BCUT2D eigenvalue weighted by Crippen LogP contribution is 2.35. The summed E-state index contributed by atoms with van der Waals surface area (Å²) < 4.78 is 5.64. The van der Waals surface area contributed by atoms with Crippen LogP contribution in [-0.2, 0) is 0 Å². The Hall–Kier alpha value is -2.63. The first-order valence-corrected chi connectivity index (χ1v) is 8.65. The first-order valence-electron chi connectivity index (χ1n) is 7.90. The molecule has 0 N–H and O–H groups in total. The van der Waals surface area contributed by atoms with Crippen molar-refractivity contribution in [2.45, 2.75) is 6.92 Å². The minimum atomic E-state index is -0.171. The first kappa shape index (κ1) is 18.2. The molecule has 2 aromatic heterocycles. The van der Waals surface area contributed by atoms with E-state index in [9.17, 15) is 4.79 Å². The van der Waals surface area contributed by atoms with E-state index in [0.717, 1.165) is 5.69 Å². The molecule has 0 bridgehead atoms. The maximum atomic E-state index is 12.7. The molecule has 0 atom stereocenters. The summed E-state index contributed by atoms with van der Waals surface area (Å²) in [5.74, 6) is 0.448. The smallest absolute Gasteiger partial charge is 0.259 e. The molecule has 0 spiro atoms. The summed E-state index contributed by atoms with van der Waals surface area (Å²) in [6.45, 7) is 2.41. The lowest BCUT2D eigenvalue weighted by atomic mass is 10.2. The number of amides is 1. The summed E-state index contributed by atoms with van der Waals surface area (Å²) in [5.41, 5.74) is 1.16. The predicted molar refractivity (Wildman–Crippen MR) is 102 cm³/mol. The van der Waals surface area contributed by atoms with Gasteiger partial charge in [-0.3, -0.25) is 9.78 Å². The van der Waals surface area contributed by atoms with E-state index in [1.807, 2.05) is 13.0 Å². The average molecular weight is 388 g/mol. The zero-order valence-electron chi connectivity index (χ0n) is 13.9. The lowest BCUT2D eigenvalue weighted by Gasteiger charge is -2.20. The summed E-state index contributed by atoms with van der Waals surface area (Å²) in [5, 5.41) is 0.765. The van der Waals surface area contributed by atoms with Crippen molar-refractivity contribution in [1.82, 2.24) is 9.97 Å². The van der Waals surface area contributed by atoms with Gasteiger partial charge in [-0.1, -0.05) is 29.3 Å². The number of halogens is 2. The number of benzene rings is 1. The van der Waals surface area contributed by atoms with Crippen molar-refractivity contribution in [3.05, 3.63) is 76.7 Å². The van der Waals surface area contributed by atoms with E-state index in [1.165, 1.54) is 6.20 Å². The van der Waals surface area contributed by atoms with Crippen LogP contribution in [0.15, 0.2) is 61.1 Å². The summed E-state index contributed by atoms with van der Waals surface area (Å²) in [6, 6.07) is 11.9. The number of anilines is 1. The van der Waals surface area contributed by atoms with Crippen LogP contribution in [0, 0.1) is 0 Å². The van der Waals surface area contributed by atoms with Crippen LogP contribution in [0.2, 0.25) is 10.0 Å². The minimum Gasteiger partial charge on any atom is -0.436 e. The van der Waals surface area contributed by atoms with Crippen LogP contribution in [0.5, 0.6) is 11.6 Å². The number of para-hydroxylation sites is 1. The van der Waals surface area contributed by atoms with Gasteiger partial charge >= 0.3 is 0 Å². The Bertz CT molecular complexity index is 882. The maximum Gasteiger partial charge on any atom is 0.259 e. The van der Waals surface area contributed by atoms with E-state index in [-0.39, 0.29) is 5.91 Å². The van der Waals surface area contributed by atoms with E-state index in [1.54, 1.807) is 53.7 Å². The van der Waals surface area contributed by atoms with E-state index >= 15 is 0 Å². The monoisotopic (exact) mass is 387 g/mol. The largest absolute Gasteiger partial charge is 0.436 e. The zero-order chi connectivity index (χ0) is 18.5. The van der Waals surface area contributed by atoms with E-state index in [2.05, 4.69) is 9.97 Å². The summed E-state index contributed by atoms with van der Waals surface area (Å²) in [6.07, 6.45) is 4.77. The normalized spacial score (nSPS) is 10.4. The Labute approximate surface area is 161 Å². The van der Waals surface area contributed by atoms with Gasteiger partial charge in [0, 0.05) is 25.0 Å². The van der Waals surface area contributed by atoms with Crippen LogP contribution in [0.4, 0.5) is 5.69 Å². The molecule has 3 rings (SSSR count). The molecule has 0 fully saturated rings. The molecular weight excluding hydrogens is 373 g/mol. The Balaban J connectivity index is 1.80. The molecule has 1 amide bonds. The predicted octanol–water partition coefficient (Wildman–Crippen LogP) is 5.24. The Morgan fingerprint density at radius 3 is 2.42 bits per heavy atom. The fourth-order valence-electron chi connectivity index (χ4n) is 2.36. The zero-order valence-corrected chi connectivity index (χ0v) is 15.4. The number of ether oxygens (including phenoxy) is 1. The molecule has 5 nitrogen and oxygen atoms in total. The standard InChI is InChI=1S/C19H15Cl2N3O2/c1-2-24(14-5-4-10-22-12-14)19(25)13-8-9-17(23-11-13)26-18-15(20)6-3-7-16(18)21/h3-12H,2H2,1H3. The molecule has 1 aromatic carbocycles. The van der Waals surface area contributed by atoms with Crippen molar-refractivity contribution >= 4 is 34.8 Å².